The van der Waals surface area contributed by atoms with Gasteiger partial charge in [0, 0.05) is 12.0 Å². The van der Waals surface area contributed by atoms with Crippen LogP contribution in [0, 0.1) is 5.92 Å². The Balaban J connectivity index is 1.68. The molecule has 4 unspecified atom stereocenters. The van der Waals surface area contributed by atoms with Gasteiger partial charge in [-0.25, -0.2) is 0 Å². The summed E-state index contributed by atoms with van der Waals surface area (Å²) in [6, 6.07) is 0.526. The highest BCUT2D eigenvalue weighted by molar-refractivity contribution is 5.06. The van der Waals surface area contributed by atoms with Gasteiger partial charge < -0.3 is 9.84 Å². The summed E-state index contributed by atoms with van der Waals surface area (Å²) in [4.78, 5) is 4.80. The van der Waals surface area contributed by atoms with Crippen LogP contribution in [0.5, 0.6) is 0 Å². The number of nitrogens with zero attached hydrogens (tertiary/aromatic N) is 2. The monoisotopic (exact) mass is 291 g/mol. The van der Waals surface area contributed by atoms with Crippen molar-refractivity contribution in [3.63, 3.8) is 0 Å². The molecule has 21 heavy (non-hydrogen) atoms. The summed E-state index contributed by atoms with van der Waals surface area (Å²) < 4.78 is 5.65. The fourth-order valence-electron chi connectivity index (χ4n) is 4.22. The van der Waals surface area contributed by atoms with Gasteiger partial charge in [-0.2, -0.15) is 4.98 Å². The van der Waals surface area contributed by atoms with Gasteiger partial charge in [0.15, 0.2) is 5.82 Å². The van der Waals surface area contributed by atoms with Crippen LogP contribution >= 0.6 is 0 Å². The molecule has 0 bridgehead atoms. The van der Waals surface area contributed by atoms with Crippen LogP contribution in [0.3, 0.4) is 0 Å². The molecule has 4 heteroatoms. The molecule has 1 N–H and O–H groups in total. The molecular formula is C17H29N3O. The average Bonchev–Trinajstić information content (AvgIpc) is 3.16. The molecule has 0 aliphatic heterocycles. The van der Waals surface area contributed by atoms with Gasteiger partial charge in [-0.15, -0.1) is 0 Å². The van der Waals surface area contributed by atoms with Crippen LogP contribution in [0.1, 0.15) is 88.8 Å². The highest BCUT2D eigenvalue weighted by Crippen LogP contribution is 2.38. The predicted octanol–water partition coefficient (Wildman–Crippen LogP) is 4.00. The van der Waals surface area contributed by atoms with Crippen molar-refractivity contribution >= 4 is 0 Å². The Hall–Kier alpha value is -0.900. The van der Waals surface area contributed by atoms with E-state index in [0.717, 1.165) is 24.2 Å². The van der Waals surface area contributed by atoms with Crippen molar-refractivity contribution in [1.29, 1.82) is 0 Å². The largest absolute Gasteiger partial charge is 0.339 e. The second-order valence-corrected chi connectivity index (χ2v) is 6.83. The van der Waals surface area contributed by atoms with Gasteiger partial charge in [-0.3, -0.25) is 0 Å². The maximum Gasteiger partial charge on any atom is 0.231 e. The summed E-state index contributed by atoms with van der Waals surface area (Å²) in [6.07, 6.45) is 10.1. The van der Waals surface area contributed by atoms with Crippen molar-refractivity contribution in [3.8, 4) is 0 Å². The van der Waals surface area contributed by atoms with E-state index in [2.05, 4.69) is 24.3 Å². The number of hydrogen-bond donors (Lipinski definition) is 1. The molecule has 0 aromatic carbocycles. The van der Waals surface area contributed by atoms with E-state index in [0.29, 0.717) is 17.9 Å². The van der Waals surface area contributed by atoms with Gasteiger partial charge in [-0.05, 0) is 38.1 Å². The number of aromatic nitrogens is 2. The molecule has 0 amide bonds. The molecule has 2 fully saturated rings. The summed E-state index contributed by atoms with van der Waals surface area (Å²) in [5.74, 6) is 3.67. The fourth-order valence-corrected chi connectivity index (χ4v) is 4.22. The van der Waals surface area contributed by atoms with Crippen molar-refractivity contribution in [2.45, 2.75) is 83.1 Å². The lowest BCUT2D eigenvalue weighted by molar-refractivity contribution is 0.294. The van der Waals surface area contributed by atoms with Crippen LogP contribution in [0.25, 0.3) is 0 Å². The van der Waals surface area contributed by atoms with Crippen LogP contribution in [0.15, 0.2) is 4.52 Å². The zero-order valence-electron chi connectivity index (χ0n) is 13.5. The zero-order chi connectivity index (χ0) is 14.7. The first-order valence-electron chi connectivity index (χ1n) is 8.88. The van der Waals surface area contributed by atoms with Crippen LogP contribution in [-0.4, -0.2) is 22.7 Å². The van der Waals surface area contributed by atoms with E-state index in [1.807, 2.05) is 0 Å². The molecule has 2 aliphatic carbocycles. The fraction of sp³-hybridized carbons (Fsp3) is 0.882. The van der Waals surface area contributed by atoms with E-state index in [1.165, 1.54) is 51.4 Å². The third-order valence-electron chi connectivity index (χ3n) is 5.48. The second kappa shape index (κ2) is 6.91. The van der Waals surface area contributed by atoms with E-state index in [-0.39, 0.29) is 0 Å². The third-order valence-corrected chi connectivity index (χ3v) is 5.48. The Labute approximate surface area is 128 Å². The molecular weight excluding hydrogens is 262 g/mol. The summed E-state index contributed by atoms with van der Waals surface area (Å²) in [5, 5.41) is 7.90. The Kier molecular flexibility index (Phi) is 4.94. The molecule has 1 aromatic rings. The number of rotatable bonds is 5. The average molecular weight is 291 g/mol. The Bertz CT molecular complexity index is 445. The molecule has 118 valence electrons. The summed E-state index contributed by atoms with van der Waals surface area (Å²) in [7, 11) is 0. The molecule has 1 aromatic heterocycles. The smallest absolute Gasteiger partial charge is 0.231 e. The van der Waals surface area contributed by atoms with E-state index in [1.54, 1.807) is 0 Å². The lowest BCUT2D eigenvalue weighted by atomic mass is 9.80. The summed E-state index contributed by atoms with van der Waals surface area (Å²) in [5.41, 5.74) is 0. The first-order chi connectivity index (χ1) is 10.3. The van der Waals surface area contributed by atoms with E-state index < -0.39 is 0 Å². The third kappa shape index (κ3) is 3.31. The first-order valence-corrected chi connectivity index (χ1v) is 8.88. The molecule has 4 nitrogen and oxygen atoms in total. The quantitative estimate of drug-likeness (QED) is 0.891. The molecule has 2 aliphatic rings. The highest BCUT2D eigenvalue weighted by atomic mass is 16.5. The Morgan fingerprint density at radius 3 is 2.81 bits per heavy atom. The minimum Gasteiger partial charge on any atom is -0.339 e. The van der Waals surface area contributed by atoms with Gasteiger partial charge in [0.05, 0.1) is 5.92 Å². The molecule has 4 atom stereocenters. The normalized spacial score (nSPS) is 33.4. The van der Waals surface area contributed by atoms with Crippen LogP contribution in [-0.2, 0) is 0 Å². The number of hydrogen-bond acceptors (Lipinski definition) is 4. The van der Waals surface area contributed by atoms with Crippen molar-refractivity contribution in [2.75, 3.05) is 6.54 Å². The zero-order valence-corrected chi connectivity index (χ0v) is 13.5. The molecule has 2 saturated carbocycles. The summed E-state index contributed by atoms with van der Waals surface area (Å²) in [6.45, 7) is 5.48. The molecule has 0 radical (unpaired) electrons. The lowest BCUT2D eigenvalue weighted by Crippen LogP contribution is -2.31. The van der Waals surface area contributed by atoms with Crippen molar-refractivity contribution in [1.82, 2.24) is 15.5 Å². The predicted molar refractivity (Wildman–Crippen MR) is 83.3 cm³/mol. The Morgan fingerprint density at radius 2 is 2.00 bits per heavy atom. The van der Waals surface area contributed by atoms with Crippen LogP contribution < -0.4 is 5.32 Å². The highest BCUT2D eigenvalue weighted by Gasteiger charge is 2.33. The number of nitrogens with one attached hydrogen (secondary N) is 1. The minimum atomic E-state index is 0.428. The van der Waals surface area contributed by atoms with Gasteiger partial charge >= 0.3 is 0 Å². The van der Waals surface area contributed by atoms with Crippen molar-refractivity contribution in [3.05, 3.63) is 11.7 Å². The van der Waals surface area contributed by atoms with Gasteiger partial charge in [0.2, 0.25) is 5.89 Å². The van der Waals surface area contributed by atoms with Crippen LogP contribution in [0.2, 0.25) is 0 Å². The SMILES string of the molecule is CCNC1CCCC1c1nc(C2CCCC(CC)C2)no1. The molecule has 0 spiro atoms. The Morgan fingerprint density at radius 1 is 1.14 bits per heavy atom. The molecule has 3 rings (SSSR count). The standard InChI is InChI=1S/C17H29N3O/c1-3-12-7-5-8-13(11-12)16-19-17(21-20-16)14-9-6-10-15(14)18-4-2/h12-15,18H,3-11H2,1-2H3. The molecule has 0 saturated heterocycles. The lowest BCUT2D eigenvalue weighted by Gasteiger charge is -2.26. The maximum atomic E-state index is 5.65. The van der Waals surface area contributed by atoms with E-state index in [4.69, 9.17) is 9.51 Å². The van der Waals surface area contributed by atoms with Gasteiger partial charge in [-0.1, -0.05) is 44.7 Å². The van der Waals surface area contributed by atoms with Crippen molar-refractivity contribution < 1.29 is 4.52 Å². The topological polar surface area (TPSA) is 51.0 Å². The van der Waals surface area contributed by atoms with Crippen LogP contribution in [0.4, 0.5) is 0 Å². The molecule has 1 heterocycles. The first kappa shape index (κ1) is 15.0. The second-order valence-electron chi connectivity index (χ2n) is 6.83. The summed E-state index contributed by atoms with van der Waals surface area (Å²) >= 11 is 0. The maximum absolute atomic E-state index is 5.65. The van der Waals surface area contributed by atoms with E-state index in [9.17, 15) is 0 Å². The van der Waals surface area contributed by atoms with Gasteiger partial charge in [0.1, 0.15) is 0 Å². The van der Waals surface area contributed by atoms with Gasteiger partial charge in [0.25, 0.3) is 0 Å². The van der Waals surface area contributed by atoms with Crippen molar-refractivity contribution in [2.24, 2.45) is 5.92 Å². The minimum absolute atomic E-state index is 0.428. The van der Waals surface area contributed by atoms with E-state index >= 15 is 0 Å². The number of likely N-dealkylation sites (N-methyl/N-ethyl adjacent to an activating group) is 1.